The fourth-order valence-corrected chi connectivity index (χ4v) is 3.00. The van der Waals surface area contributed by atoms with Gasteiger partial charge in [0.15, 0.2) is 12.6 Å². The Bertz CT molecular complexity index is 696. The molecule has 1 aliphatic rings. The van der Waals surface area contributed by atoms with Crippen LogP contribution in [0.5, 0.6) is 5.88 Å². The van der Waals surface area contributed by atoms with Gasteiger partial charge in [0.05, 0.1) is 19.1 Å². The summed E-state index contributed by atoms with van der Waals surface area (Å²) in [7, 11) is 0. The number of hydrogen-bond donors (Lipinski definition) is 1. The summed E-state index contributed by atoms with van der Waals surface area (Å²) in [5.41, 5.74) is 0.466. The Kier molecular flexibility index (Phi) is 11.2. The van der Waals surface area contributed by atoms with E-state index in [0.29, 0.717) is 50.6 Å². The van der Waals surface area contributed by atoms with Gasteiger partial charge in [0.2, 0.25) is 5.88 Å². The fraction of sp³-hybridized carbons (Fsp3) is 0.632. The Balaban J connectivity index is 0.00000450. The molecule has 0 amide bonds. The molecule has 0 aliphatic carbocycles. The molecule has 1 saturated heterocycles. The van der Waals surface area contributed by atoms with E-state index in [1.165, 1.54) is 6.20 Å². The molecule has 2 rings (SSSR count). The standard InChI is InChI=1S/C19H27F3N4O3.HI/c1-3-23-18(26-10-7-14(8-11-26)17(27)28-4-2)25-12-15-6-5-9-24-16(15)29-13-19(20,21)22;/h5-6,9,14H,3-4,7-8,10-13H2,1-2H3,(H,23,25);1H. The fourth-order valence-electron chi connectivity index (χ4n) is 3.00. The van der Waals surface area contributed by atoms with Crippen molar-refractivity contribution < 1.29 is 27.4 Å². The van der Waals surface area contributed by atoms with E-state index in [1.807, 2.05) is 11.8 Å². The summed E-state index contributed by atoms with van der Waals surface area (Å²) in [5.74, 6) is 0.275. The van der Waals surface area contributed by atoms with Crippen LogP contribution in [0.1, 0.15) is 32.3 Å². The predicted molar refractivity (Wildman–Crippen MR) is 117 cm³/mol. The minimum atomic E-state index is -4.43. The highest BCUT2D eigenvalue weighted by atomic mass is 127. The van der Waals surface area contributed by atoms with Crippen LogP contribution >= 0.6 is 24.0 Å². The van der Waals surface area contributed by atoms with Crippen LogP contribution in [0.2, 0.25) is 0 Å². The summed E-state index contributed by atoms with van der Waals surface area (Å²) < 4.78 is 47.2. The summed E-state index contributed by atoms with van der Waals surface area (Å²) in [6.45, 7) is 4.73. The summed E-state index contributed by atoms with van der Waals surface area (Å²) in [4.78, 5) is 22.3. The average Bonchev–Trinajstić information content (AvgIpc) is 2.70. The van der Waals surface area contributed by atoms with Crippen molar-refractivity contribution in [3.8, 4) is 5.88 Å². The first kappa shape index (κ1) is 26.2. The average molecular weight is 544 g/mol. The number of likely N-dealkylation sites (tertiary alicyclic amines) is 1. The Morgan fingerprint density at radius 1 is 1.33 bits per heavy atom. The van der Waals surface area contributed by atoms with Gasteiger partial charge < -0.3 is 19.7 Å². The third-order valence-corrected chi connectivity index (χ3v) is 4.37. The largest absolute Gasteiger partial charge is 0.468 e. The van der Waals surface area contributed by atoms with Crippen LogP contribution < -0.4 is 10.1 Å². The molecular formula is C19H28F3IN4O3. The highest BCUT2D eigenvalue weighted by Gasteiger charge is 2.29. The molecule has 7 nitrogen and oxygen atoms in total. The number of guanidine groups is 1. The van der Waals surface area contributed by atoms with Gasteiger partial charge in [-0.15, -0.1) is 24.0 Å². The lowest BCUT2D eigenvalue weighted by molar-refractivity contribution is -0.154. The quantitative estimate of drug-likeness (QED) is 0.246. The number of carbonyl (C=O) groups is 1. The number of nitrogens with one attached hydrogen (secondary N) is 1. The number of esters is 1. The van der Waals surface area contributed by atoms with E-state index in [9.17, 15) is 18.0 Å². The van der Waals surface area contributed by atoms with E-state index in [2.05, 4.69) is 15.3 Å². The van der Waals surface area contributed by atoms with Crippen molar-refractivity contribution in [3.05, 3.63) is 23.9 Å². The Morgan fingerprint density at radius 2 is 2.03 bits per heavy atom. The molecule has 0 radical (unpaired) electrons. The lowest BCUT2D eigenvalue weighted by atomic mass is 9.97. The molecular weight excluding hydrogens is 516 g/mol. The van der Waals surface area contributed by atoms with Crippen LogP contribution in [0.25, 0.3) is 0 Å². The van der Waals surface area contributed by atoms with E-state index < -0.39 is 12.8 Å². The van der Waals surface area contributed by atoms with Gasteiger partial charge in [-0.25, -0.2) is 9.98 Å². The number of hydrogen-bond acceptors (Lipinski definition) is 5. The SMILES string of the molecule is CCNC(=NCc1cccnc1OCC(F)(F)F)N1CCC(C(=O)OCC)CC1.I. The molecule has 1 aromatic rings. The van der Waals surface area contributed by atoms with Crippen molar-refractivity contribution in [2.75, 3.05) is 32.8 Å². The monoisotopic (exact) mass is 544 g/mol. The first-order valence-electron chi connectivity index (χ1n) is 9.67. The highest BCUT2D eigenvalue weighted by Crippen LogP contribution is 2.22. The Hall–Kier alpha value is -1.79. The molecule has 0 aromatic carbocycles. The molecule has 0 unspecified atom stereocenters. The number of halogens is 4. The van der Waals surface area contributed by atoms with E-state index in [-0.39, 0.29) is 48.3 Å². The molecule has 0 bridgehead atoms. The zero-order valence-corrected chi connectivity index (χ0v) is 19.4. The number of alkyl halides is 3. The molecule has 0 atom stereocenters. The van der Waals surface area contributed by atoms with Gasteiger partial charge in [-0.1, -0.05) is 6.07 Å². The molecule has 30 heavy (non-hydrogen) atoms. The van der Waals surface area contributed by atoms with Crippen LogP contribution in [-0.2, 0) is 16.1 Å². The first-order chi connectivity index (χ1) is 13.8. The van der Waals surface area contributed by atoms with Gasteiger partial charge in [0.25, 0.3) is 0 Å². The zero-order chi connectivity index (χ0) is 21.3. The number of rotatable bonds is 7. The Labute approximate surface area is 191 Å². The lowest BCUT2D eigenvalue weighted by Gasteiger charge is -2.33. The second kappa shape index (κ2) is 12.8. The topological polar surface area (TPSA) is 76.1 Å². The zero-order valence-electron chi connectivity index (χ0n) is 17.1. The van der Waals surface area contributed by atoms with Crippen molar-refractivity contribution in [1.29, 1.82) is 0 Å². The molecule has 1 fully saturated rings. The van der Waals surface area contributed by atoms with Crippen LogP contribution in [-0.4, -0.2) is 60.8 Å². The molecule has 11 heteroatoms. The van der Waals surface area contributed by atoms with Crippen LogP contribution in [0, 0.1) is 5.92 Å². The van der Waals surface area contributed by atoms with Crippen molar-refractivity contribution in [2.45, 2.75) is 39.4 Å². The summed E-state index contributed by atoms with van der Waals surface area (Å²) in [5, 5.41) is 3.19. The molecule has 1 N–H and O–H groups in total. The smallest absolute Gasteiger partial charge is 0.422 e. The third kappa shape index (κ3) is 8.52. The second-order valence-corrected chi connectivity index (χ2v) is 6.56. The molecule has 2 heterocycles. The van der Waals surface area contributed by atoms with Gasteiger partial charge >= 0.3 is 12.1 Å². The van der Waals surface area contributed by atoms with Gasteiger partial charge in [-0.2, -0.15) is 13.2 Å². The number of carbonyl (C=O) groups excluding carboxylic acids is 1. The van der Waals surface area contributed by atoms with Crippen molar-refractivity contribution in [1.82, 2.24) is 15.2 Å². The third-order valence-electron chi connectivity index (χ3n) is 4.37. The molecule has 1 aliphatic heterocycles. The minimum absolute atomic E-state index is 0. The van der Waals surface area contributed by atoms with E-state index in [1.54, 1.807) is 19.1 Å². The van der Waals surface area contributed by atoms with Crippen LogP contribution in [0.3, 0.4) is 0 Å². The number of ether oxygens (including phenoxy) is 2. The molecule has 0 saturated carbocycles. The van der Waals surface area contributed by atoms with Crippen LogP contribution in [0.4, 0.5) is 13.2 Å². The van der Waals surface area contributed by atoms with Crippen molar-refractivity contribution >= 4 is 35.9 Å². The number of aromatic nitrogens is 1. The summed E-state index contributed by atoms with van der Waals surface area (Å²) >= 11 is 0. The van der Waals surface area contributed by atoms with Crippen LogP contribution in [0.15, 0.2) is 23.3 Å². The number of nitrogens with zero attached hydrogens (tertiary/aromatic N) is 3. The maximum atomic E-state index is 12.4. The minimum Gasteiger partial charge on any atom is -0.468 e. The van der Waals surface area contributed by atoms with Gasteiger partial charge in [-0.05, 0) is 32.8 Å². The van der Waals surface area contributed by atoms with Crippen molar-refractivity contribution in [2.24, 2.45) is 10.9 Å². The van der Waals surface area contributed by atoms with E-state index in [4.69, 9.17) is 9.47 Å². The van der Waals surface area contributed by atoms with Gasteiger partial charge in [-0.3, -0.25) is 4.79 Å². The second-order valence-electron chi connectivity index (χ2n) is 6.56. The maximum Gasteiger partial charge on any atom is 0.422 e. The first-order valence-corrected chi connectivity index (χ1v) is 9.67. The molecule has 1 aromatic heterocycles. The number of aliphatic imine (C=N–C) groups is 1. The lowest BCUT2D eigenvalue weighted by Crippen LogP contribution is -2.46. The maximum absolute atomic E-state index is 12.4. The summed E-state index contributed by atoms with van der Waals surface area (Å²) in [6, 6.07) is 3.27. The van der Waals surface area contributed by atoms with Gasteiger partial charge in [0.1, 0.15) is 0 Å². The van der Waals surface area contributed by atoms with Gasteiger partial charge in [0, 0.05) is 31.4 Å². The molecule has 0 spiro atoms. The Morgan fingerprint density at radius 3 is 2.63 bits per heavy atom. The normalized spacial score (nSPS) is 15.4. The van der Waals surface area contributed by atoms with E-state index >= 15 is 0 Å². The van der Waals surface area contributed by atoms with Crippen molar-refractivity contribution in [3.63, 3.8) is 0 Å². The number of pyridine rings is 1. The number of piperidine rings is 1. The highest BCUT2D eigenvalue weighted by molar-refractivity contribution is 14.0. The predicted octanol–water partition coefficient (Wildman–Crippen LogP) is 3.38. The van der Waals surface area contributed by atoms with E-state index in [0.717, 1.165) is 0 Å². The summed E-state index contributed by atoms with van der Waals surface area (Å²) in [6.07, 6.45) is -1.73. The molecule has 170 valence electrons.